The molecule has 0 saturated heterocycles. The van der Waals surface area contributed by atoms with Gasteiger partial charge >= 0.3 is 0 Å². The van der Waals surface area contributed by atoms with Crippen LogP contribution in [0.2, 0.25) is 0 Å². The third-order valence-corrected chi connectivity index (χ3v) is 3.49. The van der Waals surface area contributed by atoms with Crippen LogP contribution in [0.5, 0.6) is 0 Å². The molecule has 0 radical (unpaired) electrons. The topological polar surface area (TPSA) is 65.9 Å². The Morgan fingerprint density at radius 1 is 1.05 bits per heavy atom. The molecular formula is C17H14N4. The standard InChI is InChI=1S/C17H14N4/c1-21(17-10-9-14(19)15(11-18)20-17)16-8-4-6-12-5-2-3-7-13(12)16/h2-10H,19H2,1H3. The molecule has 2 aromatic carbocycles. The van der Waals surface area contributed by atoms with E-state index in [2.05, 4.69) is 23.2 Å². The molecule has 102 valence electrons. The van der Waals surface area contributed by atoms with E-state index >= 15 is 0 Å². The molecule has 0 spiro atoms. The zero-order valence-electron chi connectivity index (χ0n) is 11.6. The lowest BCUT2D eigenvalue weighted by atomic mass is 10.1. The molecule has 3 aromatic rings. The number of anilines is 3. The van der Waals surface area contributed by atoms with Gasteiger partial charge in [-0.25, -0.2) is 4.98 Å². The summed E-state index contributed by atoms with van der Waals surface area (Å²) in [5.74, 6) is 0.692. The van der Waals surface area contributed by atoms with Gasteiger partial charge in [0.05, 0.1) is 5.69 Å². The SMILES string of the molecule is CN(c1ccc(N)c(C#N)n1)c1cccc2ccccc12. The van der Waals surface area contributed by atoms with Gasteiger partial charge in [-0.1, -0.05) is 36.4 Å². The molecule has 4 nitrogen and oxygen atoms in total. The van der Waals surface area contributed by atoms with E-state index in [-0.39, 0.29) is 5.69 Å². The number of hydrogen-bond donors (Lipinski definition) is 1. The second kappa shape index (κ2) is 5.14. The largest absolute Gasteiger partial charge is 0.396 e. The van der Waals surface area contributed by atoms with E-state index in [0.29, 0.717) is 11.5 Å². The second-order valence-corrected chi connectivity index (χ2v) is 4.78. The summed E-state index contributed by atoms with van der Waals surface area (Å²) < 4.78 is 0. The van der Waals surface area contributed by atoms with Crippen molar-refractivity contribution in [2.24, 2.45) is 0 Å². The number of nitrogens with two attached hydrogens (primary N) is 1. The van der Waals surface area contributed by atoms with Crippen molar-refractivity contribution in [2.45, 2.75) is 0 Å². The van der Waals surface area contributed by atoms with Gasteiger partial charge in [0, 0.05) is 18.1 Å². The van der Waals surface area contributed by atoms with E-state index in [4.69, 9.17) is 11.0 Å². The van der Waals surface area contributed by atoms with Gasteiger partial charge in [-0.3, -0.25) is 0 Å². The normalized spacial score (nSPS) is 10.3. The lowest BCUT2D eigenvalue weighted by Crippen LogP contribution is -2.12. The van der Waals surface area contributed by atoms with Gasteiger partial charge < -0.3 is 10.6 Å². The molecule has 4 heteroatoms. The summed E-state index contributed by atoms with van der Waals surface area (Å²) in [4.78, 5) is 6.27. The molecule has 2 N–H and O–H groups in total. The van der Waals surface area contributed by atoms with E-state index in [9.17, 15) is 0 Å². The van der Waals surface area contributed by atoms with Gasteiger partial charge in [-0.15, -0.1) is 0 Å². The highest BCUT2D eigenvalue weighted by Crippen LogP contribution is 2.30. The Morgan fingerprint density at radius 3 is 2.62 bits per heavy atom. The lowest BCUT2D eigenvalue weighted by molar-refractivity contribution is 1.12. The fourth-order valence-electron chi connectivity index (χ4n) is 2.36. The predicted molar refractivity (Wildman–Crippen MR) is 85.4 cm³/mol. The Bertz CT molecular complexity index is 844. The number of nitrogens with zero attached hydrogens (tertiary/aromatic N) is 3. The quantitative estimate of drug-likeness (QED) is 0.777. The summed E-state index contributed by atoms with van der Waals surface area (Å²) in [5.41, 5.74) is 7.41. The van der Waals surface area contributed by atoms with Crippen LogP contribution in [0.1, 0.15) is 5.69 Å². The number of pyridine rings is 1. The molecule has 0 saturated carbocycles. The summed E-state index contributed by atoms with van der Waals surface area (Å²) in [5, 5.41) is 11.4. The van der Waals surface area contributed by atoms with Crippen LogP contribution in [-0.2, 0) is 0 Å². The number of rotatable bonds is 2. The molecule has 0 unspecified atom stereocenters. The predicted octanol–water partition coefficient (Wildman–Crippen LogP) is 3.46. The Morgan fingerprint density at radius 2 is 1.81 bits per heavy atom. The maximum Gasteiger partial charge on any atom is 0.165 e. The van der Waals surface area contributed by atoms with Crippen LogP contribution in [0.25, 0.3) is 10.8 Å². The highest BCUT2D eigenvalue weighted by molar-refractivity contribution is 5.95. The van der Waals surface area contributed by atoms with Crippen molar-refractivity contribution in [2.75, 3.05) is 17.7 Å². The van der Waals surface area contributed by atoms with Crippen molar-refractivity contribution in [1.29, 1.82) is 5.26 Å². The van der Waals surface area contributed by atoms with Crippen LogP contribution in [0.4, 0.5) is 17.2 Å². The van der Waals surface area contributed by atoms with Crippen LogP contribution in [-0.4, -0.2) is 12.0 Å². The smallest absolute Gasteiger partial charge is 0.165 e. The van der Waals surface area contributed by atoms with Crippen molar-refractivity contribution in [3.8, 4) is 6.07 Å². The Balaban J connectivity index is 2.13. The first-order valence-corrected chi connectivity index (χ1v) is 6.59. The first kappa shape index (κ1) is 12.9. The minimum atomic E-state index is 0.250. The van der Waals surface area contributed by atoms with Crippen LogP contribution >= 0.6 is 0 Å². The molecule has 0 aliphatic rings. The van der Waals surface area contributed by atoms with Gasteiger partial charge in [0.15, 0.2) is 5.69 Å². The minimum Gasteiger partial charge on any atom is -0.396 e. The highest BCUT2D eigenvalue weighted by atomic mass is 15.2. The molecule has 0 amide bonds. The summed E-state index contributed by atoms with van der Waals surface area (Å²) in [7, 11) is 1.93. The van der Waals surface area contributed by atoms with Crippen molar-refractivity contribution in [3.63, 3.8) is 0 Å². The van der Waals surface area contributed by atoms with Gasteiger partial charge in [0.1, 0.15) is 11.9 Å². The third kappa shape index (κ3) is 2.26. The Hall–Kier alpha value is -3.06. The number of aromatic nitrogens is 1. The van der Waals surface area contributed by atoms with Gasteiger partial charge in [0.2, 0.25) is 0 Å². The summed E-state index contributed by atoms with van der Waals surface area (Å²) in [6, 6.07) is 19.8. The molecule has 21 heavy (non-hydrogen) atoms. The van der Waals surface area contributed by atoms with Crippen molar-refractivity contribution >= 4 is 28.0 Å². The van der Waals surface area contributed by atoms with Crippen LogP contribution in [0.3, 0.4) is 0 Å². The average Bonchev–Trinajstić information content (AvgIpc) is 2.54. The molecular weight excluding hydrogens is 260 g/mol. The zero-order chi connectivity index (χ0) is 14.8. The monoisotopic (exact) mass is 274 g/mol. The number of fused-ring (bicyclic) bond motifs is 1. The molecule has 0 atom stereocenters. The summed E-state index contributed by atoms with van der Waals surface area (Å²) in [6.07, 6.45) is 0. The van der Waals surface area contributed by atoms with Crippen LogP contribution in [0, 0.1) is 11.3 Å². The Labute approximate surface area is 123 Å². The van der Waals surface area contributed by atoms with E-state index in [1.54, 1.807) is 6.07 Å². The molecule has 1 heterocycles. The number of nitrogen functional groups attached to an aromatic ring is 1. The third-order valence-electron chi connectivity index (χ3n) is 3.49. The number of hydrogen-bond acceptors (Lipinski definition) is 4. The molecule has 0 aliphatic heterocycles. The first-order valence-electron chi connectivity index (χ1n) is 6.59. The maximum atomic E-state index is 9.06. The molecule has 0 fully saturated rings. The molecule has 0 aliphatic carbocycles. The average molecular weight is 274 g/mol. The van der Waals surface area contributed by atoms with Crippen molar-refractivity contribution < 1.29 is 0 Å². The number of benzene rings is 2. The fourth-order valence-corrected chi connectivity index (χ4v) is 2.36. The fraction of sp³-hybridized carbons (Fsp3) is 0.0588. The van der Waals surface area contributed by atoms with Crippen molar-refractivity contribution in [1.82, 2.24) is 4.98 Å². The second-order valence-electron chi connectivity index (χ2n) is 4.78. The number of nitriles is 1. The highest BCUT2D eigenvalue weighted by Gasteiger charge is 2.10. The van der Waals surface area contributed by atoms with Crippen LogP contribution in [0.15, 0.2) is 54.6 Å². The van der Waals surface area contributed by atoms with Gasteiger partial charge in [-0.2, -0.15) is 5.26 Å². The van der Waals surface area contributed by atoms with Crippen LogP contribution < -0.4 is 10.6 Å². The molecule has 0 bridgehead atoms. The summed E-state index contributed by atoms with van der Waals surface area (Å²) in [6.45, 7) is 0. The first-order chi connectivity index (χ1) is 10.2. The zero-order valence-corrected chi connectivity index (χ0v) is 11.6. The molecule has 3 rings (SSSR count). The van der Waals surface area contributed by atoms with Gasteiger partial charge in [0.25, 0.3) is 0 Å². The maximum absolute atomic E-state index is 9.06. The lowest BCUT2D eigenvalue weighted by Gasteiger charge is -2.20. The minimum absolute atomic E-state index is 0.250. The van der Waals surface area contributed by atoms with E-state index in [1.807, 2.05) is 48.3 Å². The van der Waals surface area contributed by atoms with E-state index < -0.39 is 0 Å². The molecule has 1 aromatic heterocycles. The summed E-state index contributed by atoms with van der Waals surface area (Å²) >= 11 is 0. The van der Waals surface area contributed by atoms with E-state index in [0.717, 1.165) is 16.5 Å². The van der Waals surface area contributed by atoms with Gasteiger partial charge in [-0.05, 0) is 23.6 Å². The van der Waals surface area contributed by atoms with E-state index in [1.165, 1.54) is 0 Å². The Kier molecular flexibility index (Phi) is 3.17. The van der Waals surface area contributed by atoms with Crippen molar-refractivity contribution in [3.05, 3.63) is 60.3 Å².